The molecule has 6 nitrogen and oxygen atoms in total. The van der Waals surface area contributed by atoms with E-state index in [1.807, 2.05) is 13.8 Å². The second-order valence-electron chi connectivity index (χ2n) is 6.22. The Morgan fingerprint density at radius 3 is 1.36 bits per heavy atom. The minimum absolute atomic E-state index is 0.182. The minimum Gasteiger partial charge on any atom is -0.466 e. The number of benzene rings is 1. The second kappa shape index (κ2) is 16.8. The number of hydrogen-bond donors (Lipinski definition) is 0. The highest BCUT2D eigenvalue weighted by Crippen LogP contribution is 2.12. The van der Waals surface area contributed by atoms with Crippen LogP contribution >= 0.6 is 0 Å². The van der Waals surface area contributed by atoms with Crippen molar-refractivity contribution in [2.24, 2.45) is 0 Å². The molecule has 0 radical (unpaired) electrons. The van der Waals surface area contributed by atoms with E-state index in [0.717, 1.165) is 38.5 Å². The number of hydrogen-bond acceptors (Lipinski definition) is 6. The van der Waals surface area contributed by atoms with Gasteiger partial charge >= 0.3 is 17.9 Å². The maximum Gasteiger partial charge on any atom is 0.339 e. The van der Waals surface area contributed by atoms with Crippen molar-refractivity contribution in [2.75, 3.05) is 19.8 Å². The summed E-state index contributed by atoms with van der Waals surface area (Å²) in [5.74, 6) is -1.12. The fourth-order valence-corrected chi connectivity index (χ4v) is 1.97. The fourth-order valence-electron chi connectivity index (χ4n) is 1.97. The van der Waals surface area contributed by atoms with Gasteiger partial charge in [0.1, 0.15) is 0 Å². The topological polar surface area (TPSA) is 78.9 Å². The van der Waals surface area contributed by atoms with Crippen LogP contribution in [0.3, 0.4) is 0 Å². The Balaban J connectivity index is 0.000000769. The summed E-state index contributed by atoms with van der Waals surface area (Å²) in [5, 5.41) is 0. The lowest BCUT2D eigenvalue weighted by molar-refractivity contribution is -0.141. The van der Waals surface area contributed by atoms with E-state index in [1.165, 1.54) is 6.92 Å². The van der Waals surface area contributed by atoms with Crippen molar-refractivity contribution < 1.29 is 28.6 Å². The van der Waals surface area contributed by atoms with Gasteiger partial charge in [0.2, 0.25) is 0 Å². The average Bonchev–Trinajstić information content (AvgIpc) is 2.68. The summed E-state index contributed by atoms with van der Waals surface area (Å²) in [6, 6.07) is 6.59. The van der Waals surface area contributed by atoms with Crippen LogP contribution in [0.1, 0.15) is 86.9 Å². The molecule has 0 unspecified atom stereocenters. The first-order chi connectivity index (χ1) is 13.5. The van der Waals surface area contributed by atoms with Crippen molar-refractivity contribution in [3.63, 3.8) is 0 Å². The molecule has 0 spiro atoms. The smallest absolute Gasteiger partial charge is 0.339 e. The number of unbranched alkanes of at least 4 members (excludes halogenated alkanes) is 3. The molecule has 6 heteroatoms. The van der Waals surface area contributed by atoms with Crippen molar-refractivity contribution in [1.29, 1.82) is 0 Å². The maximum absolute atomic E-state index is 11.9. The van der Waals surface area contributed by atoms with Crippen LogP contribution in [0.2, 0.25) is 0 Å². The lowest BCUT2D eigenvalue weighted by atomic mass is 10.1. The van der Waals surface area contributed by atoms with E-state index < -0.39 is 11.9 Å². The first kappa shape index (κ1) is 25.6. The third-order valence-electron chi connectivity index (χ3n) is 3.63. The third-order valence-corrected chi connectivity index (χ3v) is 3.63. The molecule has 0 aliphatic carbocycles. The molecule has 0 saturated carbocycles. The van der Waals surface area contributed by atoms with Crippen LogP contribution in [0.5, 0.6) is 0 Å². The first-order valence-corrected chi connectivity index (χ1v) is 10.0. The van der Waals surface area contributed by atoms with Gasteiger partial charge in [0, 0.05) is 6.92 Å². The largest absolute Gasteiger partial charge is 0.466 e. The van der Waals surface area contributed by atoms with Crippen LogP contribution in [0.15, 0.2) is 24.3 Å². The van der Waals surface area contributed by atoms with Gasteiger partial charge < -0.3 is 14.2 Å². The molecule has 0 aliphatic heterocycles. The molecule has 1 aromatic rings. The van der Waals surface area contributed by atoms with Gasteiger partial charge in [-0.25, -0.2) is 9.59 Å². The number of rotatable bonds is 11. The number of ether oxygens (including phenoxy) is 3. The van der Waals surface area contributed by atoms with Crippen molar-refractivity contribution in [2.45, 2.75) is 66.2 Å². The summed E-state index contributed by atoms with van der Waals surface area (Å²) < 4.78 is 14.9. The van der Waals surface area contributed by atoms with E-state index in [-0.39, 0.29) is 17.1 Å². The number of esters is 3. The van der Waals surface area contributed by atoms with Gasteiger partial charge in [0.15, 0.2) is 0 Å². The Hall–Kier alpha value is -2.37. The van der Waals surface area contributed by atoms with Gasteiger partial charge in [-0.15, -0.1) is 0 Å². The Labute approximate surface area is 168 Å². The maximum atomic E-state index is 11.9. The summed E-state index contributed by atoms with van der Waals surface area (Å²) in [4.78, 5) is 34.0. The minimum atomic E-state index is -0.471. The Morgan fingerprint density at radius 2 is 1.04 bits per heavy atom. The van der Waals surface area contributed by atoms with Crippen LogP contribution in [0.25, 0.3) is 0 Å². The number of carbonyl (C=O) groups is 3. The Kier molecular flexibility index (Phi) is 15.4. The summed E-state index contributed by atoms with van der Waals surface area (Å²) in [6.07, 6.45) is 5.58. The molecule has 0 aromatic heterocycles. The molecule has 0 bridgehead atoms. The molecule has 0 N–H and O–H groups in total. The predicted octanol–water partition coefficient (Wildman–Crippen LogP) is 4.95. The molecular weight excluding hydrogens is 360 g/mol. The molecular formula is C22H34O6. The fraction of sp³-hybridized carbons (Fsp3) is 0.591. The monoisotopic (exact) mass is 394 g/mol. The van der Waals surface area contributed by atoms with Gasteiger partial charge in [0.25, 0.3) is 0 Å². The van der Waals surface area contributed by atoms with Gasteiger partial charge in [-0.05, 0) is 31.4 Å². The second-order valence-corrected chi connectivity index (χ2v) is 6.22. The molecule has 1 rings (SSSR count). The van der Waals surface area contributed by atoms with Gasteiger partial charge in [0.05, 0.1) is 30.9 Å². The zero-order chi connectivity index (χ0) is 21.2. The zero-order valence-electron chi connectivity index (χ0n) is 17.6. The van der Waals surface area contributed by atoms with Crippen LogP contribution < -0.4 is 0 Å². The van der Waals surface area contributed by atoms with Gasteiger partial charge in [-0.1, -0.05) is 52.2 Å². The molecule has 0 heterocycles. The van der Waals surface area contributed by atoms with E-state index in [2.05, 4.69) is 11.7 Å². The third kappa shape index (κ3) is 12.1. The zero-order valence-corrected chi connectivity index (χ0v) is 17.6. The van der Waals surface area contributed by atoms with Crippen molar-refractivity contribution in [3.8, 4) is 0 Å². The normalized spacial score (nSPS) is 9.71. The van der Waals surface area contributed by atoms with E-state index in [9.17, 15) is 14.4 Å². The quantitative estimate of drug-likeness (QED) is 0.300. The molecule has 0 atom stereocenters. The average molecular weight is 395 g/mol. The van der Waals surface area contributed by atoms with Gasteiger partial charge in [-0.2, -0.15) is 0 Å². The van der Waals surface area contributed by atoms with Crippen LogP contribution in [0, 0.1) is 0 Å². The molecule has 0 fully saturated rings. The molecule has 0 aliphatic rings. The first-order valence-electron chi connectivity index (χ1n) is 10.0. The molecule has 0 saturated heterocycles. The van der Waals surface area contributed by atoms with E-state index in [1.54, 1.807) is 24.3 Å². The molecule has 158 valence electrons. The SMILES string of the molecule is CCCCOC(=O)c1ccccc1C(=O)OCCCC.CCCCOC(C)=O. The lowest BCUT2D eigenvalue weighted by Crippen LogP contribution is -2.14. The van der Waals surface area contributed by atoms with Gasteiger partial charge in [-0.3, -0.25) is 4.79 Å². The predicted molar refractivity (Wildman–Crippen MR) is 108 cm³/mol. The highest BCUT2D eigenvalue weighted by atomic mass is 16.5. The lowest BCUT2D eigenvalue weighted by Gasteiger charge is -2.09. The summed E-state index contributed by atoms with van der Waals surface area (Å²) in [5.41, 5.74) is 0.537. The summed E-state index contributed by atoms with van der Waals surface area (Å²) >= 11 is 0. The highest BCUT2D eigenvalue weighted by Gasteiger charge is 2.18. The number of carbonyl (C=O) groups excluding carboxylic acids is 3. The summed E-state index contributed by atoms with van der Waals surface area (Å²) in [7, 11) is 0. The Bertz CT molecular complexity index is 541. The molecule has 28 heavy (non-hydrogen) atoms. The van der Waals surface area contributed by atoms with Crippen molar-refractivity contribution in [1.82, 2.24) is 0 Å². The van der Waals surface area contributed by atoms with Crippen LogP contribution in [-0.4, -0.2) is 37.7 Å². The van der Waals surface area contributed by atoms with E-state index in [0.29, 0.717) is 19.8 Å². The van der Waals surface area contributed by atoms with E-state index >= 15 is 0 Å². The molecule has 1 aromatic carbocycles. The van der Waals surface area contributed by atoms with Crippen molar-refractivity contribution in [3.05, 3.63) is 35.4 Å². The summed E-state index contributed by atoms with van der Waals surface area (Å²) in [6.45, 7) is 8.84. The van der Waals surface area contributed by atoms with Crippen molar-refractivity contribution >= 4 is 17.9 Å². The standard InChI is InChI=1S/C16H22O4.C6H12O2/c1-3-5-11-19-15(17)13-9-7-8-10-14(13)16(18)20-12-6-4-2;1-3-4-5-8-6(2)7/h7-10H,3-6,11-12H2,1-2H3;3-5H2,1-2H3. The van der Waals surface area contributed by atoms with Crippen LogP contribution in [-0.2, 0) is 19.0 Å². The highest BCUT2D eigenvalue weighted by molar-refractivity contribution is 6.03. The Morgan fingerprint density at radius 1 is 0.679 bits per heavy atom. The van der Waals surface area contributed by atoms with E-state index in [4.69, 9.17) is 9.47 Å². The molecule has 0 amide bonds. The van der Waals surface area contributed by atoms with Crippen LogP contribution in [0.4, 0.5) is 0 Å².